The SMILES string of the molecule is Cc1ccc(CCCC(=O)N2CCN(C(=O)CCN3CCOCC3)CC2)cc1. The molecule has 6 nitrogen and oxygen atoms in total. The Morgan fingerprint density at radius 2 is 1.43 bits per heavy atom. The number of hydrogen-bond acceptors (Lipinski definition) is 4. The van der Waals surface area contributed by atoms with Crippen LogP contribution in [0.3, 0.4) is 0 Å². The van der Waals surface area contributed by atoms with Crippen molar-refractivity contribution < 1.29 is 14.3 Å². The highest BCUT2D eigenvalue weighted by Crippen LogP contribution is 2.11. The summed E-state index contributed by atoms with van der Waals surface area (Å²) in [5.74, 6) is 0.422. The monoisotopic (exact) mass is 387 g/mol. The van der Waals surface area contributed by atoms with Crippen molar-refractivity contribution in [1.29, 1.82) is 0 Å². The molecule has 0 aromatic heterocycles. The lowest BCUT2D eigenvalue weighted by Crippen LogP contribution is -2.51. The molecule has 2 heterocycles. The summed E-state index contributed by atoms with van der Waals surface area (Å²) >= 11 is 0. The molecule has 3 rings (SSSR count). The topological polar surface area (TPSA) is 53.1 Å². The average molecular weight is 388 g/mol. The average Bonchev–Trinajstić information content (AvgIpc) is 2.74. The summed E-state index contributed by atoms with van der Waals surface area (Å²) in [6.45, 7) is 8.88. The molecule has 0 radical (unpaired) electrons. The van der Waals surface area contributed by atoms with Crippen LogP contribution in [0.2, 0.25) is 0 Å². The van der Waals surface area contributed by atoms with Gasteiger partial charge in [0.2, 0.25) is 11.8 Å². The molecule has 0 atom stereocenters. The molecule has 2 aliphatic rings. The molecule has 154 valence electrons. The fourth-order valence-electron chi connectivity index (χ4n) is 3.80. The van der Waals surface area contributed by atoms with Crippen LogP contribution in [0, 0.1) is 6.92 Å². The first kappa shape index (κ1) is 20.8. The third kappa shape index (κ3) is 6.31. The van der Waals surface area contributed by atoms with Crippen molar-refractivity contribution in [1.82, 2.24) is 14.7 Å². The van der Waals surface area contributed by atoms with Crippen molar-refractivity contribution in [3.05, 3.63) is 35.4 Å². The molecule has 2 saturated heterocycles. The summed E-state index contributed by atoms with van der Waals surface area (Å²) in [7, 11) is 0. The van der Waals surface area contributed by atoms with Crippen LogP contribution in [-0.2, 0) is 20.7 Å². The first-order valence-corrected chi connectivity index (χ1v) is 10.5. The van der Waals surface area contributed by atoms with E-state index in [1.807, 2.05) is 9.80 Å². The first-order valence-electron chi connectivity index (χ1n) is 10.5. The first-order chi connectivity index (χ1) is 13.6. The summed E-state index contributed by atoms with van der Waals surface area (Å²) < 4.78 is 5.34. The normalized spacial score (nSPS) is 18.3. The zero-order valence-corrected chi connectivity index (χ0v) is 17.1. The zero-order chi connectivity index (χ0) is 19.8. The molecule has 0 saturated carbocycles. The quantitative estimate of drug-likeness (QED) is 0.715. The van der Waals surface area contributed by atoms with Crippen LogP contribution < -0.4 is 0 Å². The molecule has 0 spiro atoms. The minimum Gasteiger partial charge on any atom is -0.379 e. The van der Waals surface area contributed by atoms with Gasteiger partial charge in [-0.25, -0.2) is 0 Å². The van der Waals surface area contributed by atoms with Crippen molar-refractivity contribution in [2.24, 2.45) is 0 Å². The number of benzene rings is 1. The molecule has 0 N–H and O–H groups in total. The fourth-order valence-corrected chi connectivity index (χ4v) is 3.80. The molecule has 1 aromatic rings. The number of carbonyl (C=O) groups excluding carboxylic acids is 2. The van der Waals surface area contributed by atoms with Crippen LogP contribution in [0.1, 0.15) is 30.4 Å². The third-order valence-electron chi connectivity index (χ3n) is 5.71. The molecular formula is C22H33N3O3. The largest absolute Gasteiger partial charge is 0.379 e. The summed E-state index contributed by atoms with van der Waals surface area (Å²) in [5.41, 5.74) is 2.55. The molecule has 2 amide bonds. The van der Waals surface area contributed by atoms with Crippen LogP contribution in [-0.4, -0.2) is 85.5 Å². The molecular weight excluding hydrogens is 354 g/mol. The standard InChI is InChI=1S/C22H33N3O3/c1-19-5-7-20(8-6-19)3-2-4-21(26)24-11-13-25(14-12-24)22(27)9-10-23-15-17-28-18-16-23/h5-8H,2-4,9-18H2,1H3. The van der Waals surface area contributed by atoms with E-state index in [1.54, 1.807) is 0 Å². The van der Waals surface area contributed by atoms with E-state index in [2.05, 4.69) is 36.1 Å². The number of morpholine rings is 1. The van der Waals surface area contributed by atoms with Gasteiger partial charge in [-0.1, -0.05) is 29.8 Å². The summed E-state index contributed by atoms with van der Waals surface area (Å²) in [6.07, 6.45) is 2.95. The van der Waals surface area contributed by atoms with Gasteiger partial charge >= 0.3 is 0 Å². The Labute approximate surface area is 168 Å². The van der Waals surface area contributed by atoms with E-state index in [4.69, 9.17) is 4.74 Å². The zero-order valence-electron chi connectivity index (χ0n) is 17.1. The predicted molar refractivity (Wildman–Crippen MR) is 109 cm³/mol. The van der Waals surface area contributed by atoms with Crippen LogP contribution in [0.4, 0.5) is 0 Å². The number of hydrogen-bond donors (Lipinski definition) is 0. The molecule has 6 heteroatoms. The molecule has 28 heavy (non-hydrogen) atoms. The Bertz CT molecular complexity index is 633. The van der Waals surface area contributed by atoms with Crippen molar-refractivity contribution in [2.45, 2.75) is 32.6 Å². The van der Waals surface area contributed by atoms with Gasteiger partial charge in [0, 0.05) is 58.7 Å². The van der Waals surface area contributed by atoms with Gasteiger partial charge in [-0.05, 0) is 25.3 Å². The van der Waals surface area contributed by atoms with Gasteiger partial charge in [0.15, 0.2) is 0 Å². The van der Waals surface area contributed by atoms with Crippen LogP contribution in [0.5, 0.6) is 0 Å². The van der Waals surface area contributed by atoms with Gasteiger partial charge in [0.05, 0.1) is 13.2 Å². The lowest BCUT2D eigenvalue weighted by Gasteiger charge is -2.35. The summed E-state index contributed by atoms with van der Waals surface area (Å²) in [6, 6.07) is 8.51. The number of carbonyl (C=O) groups is 2. The number of ether oxygens (including phenoxy) is 1. The van der Waals surface area contributed by atoms with E-state index in [-0.39, 0.29) is 11.8 Å². The minimum absolute atomic E-state index is 0.206. The highest BCUT2D eigenvalue weighted by atomic mass is 16.5. The molecule has 0 bridgehead atoms. The second kappa shape index (κ2) is 10.6. The Balaban J connectivity index is 1.31. The van der Waals surface area contributed by atoms with E-state index in [9.17, 15) is 9.59 Å². The summed E-state index contributed by atoms with van der Waals surface area (Å²) in [4.78, 5) is 31.0. The maximum Gasteiger partial charge on any atom is 0.223 e. The minimum atomic E-state index is 0.206. The van der Waals surface area contributed by atoms with Gasteiger partial charge in [0.1, 0.15) is 0 Å². The third-order valence-corrected chi connectivity index (χ3v) is 5.71. The van der Waals surface area contributed by atoms with Gasteiger partial charge in [-0.3, -0.25) is 14.5 Å². The second-order valence-corrected chi connectivity index (χ2v) is 7.80. The molecule has 2 fully saturated rings. The van der Waals surface area contributed by atoms with Crippen LogP contribution in [0.15, 0.2) is 24.3 Å². The Morgan fingerprint density at radius 3 is 2.04 bits per heavy atom. The number of aryl methyl sites for hydroxylation is 2. The van der Waals surface area contributed by atoms with Crippen LogP contribution >= 0.6 is 0 Å². The van der Waals surface area contributed by atoms with Crippen molar-refractivity contribution in [2.75, 3.05) is 59.0 Å². The lowest BCUT2D eigenvalue weighted by molar-refractivity contribution is -0.139. The van der Waals surface area contributed by atoms with Gasteiger partial charge in [-0.15, -0.1) is 0 Å². The number of rotatable bonds is 7. The maximum absolute atomic E-state index is 12.5. The van der Waals surface area contributed by atoms with Gasteiger partial charge in [0.25, 0.3) is 0 Å². The summed E-state index contributed by atoms with van der Waals surface area (Å²) in [5, 5.41) is 0. The maximum atomic E-state index is 12.5. The van der Waals surface area contributed by atoms with E-state index in [1.165, 1.54) is 11.1 Å². The van der Waals surface area contributed by atoms with Crippen molar-refractivity contribution in [3.63, 3.8) is 0 Å². The van der Waals surface area contributed by atoms with Crippen molar-refractivity contribution >= 4 is 11.8 Å². The van der Waals surface area contributed by atoms with Crippen molar-refractivity contribution in [3.8, 4) is 0 Å². The fraction of sp³-hybridized carbons (Fsp3) is 0.636. The van der Waals surface area contributed by atoms with Gasteiger partial charge in [-0.2, -0.15) is 0 Å². The molecule has 1 aromatic carbocycles. The molecule has 2 aliphatic heterocycles. The highest BCUT2D eigenvalue weighted by Gasteiger charge is 2.24. The van der Waals surface area contributed by atoms with E-state index < -0.39 is 0 Å². The van der Waals surface area contributed by atoms with E-state index in [0.717, 1.165) is 45.7 Å². The second-order valence-electron chi connectivity index (χ2n) is 7.80. The van der Waals surface area contributed by atoms with E-state index >= 15 is 0 Å². The number of amides is 2. The molecule has 0 unspecified atom stereocenters. The van der Waals surface area contributed by atoms with Crippen LogP contribution in [0.25, 0.3) is 0 Å². The van der Waals surface area contributed by atoms with E-state index in [0.29, 0.717) is 39.0 Å². The predicted octanol–water partition coefficient (Wildman–Crippen LogP) is 1.71. The number of piperazine rings is 1. The lowest BCUT2D eigenvalue weighted by atomic mass is 10.1. The Kier molecular flexibility index (Phi) is 7.86. The Hall–Kier alpha value is -1.92. The number of nitrogens with zero attached hydrogens (tertiary/aromatic N) is 3. The Morgan fingerprint density at radius 1 is 0.857 bits per heavy atom. The van der Waals surface area contributed by atoms with Gasteiger partial charge < -0.3 is 14.5 Å². The molecule has 0 aliphatic carbocycles. The smallest absolute Gasteiger partial charge is 0.223 e. The highest BCUT2D eigenvalue weighted by molar-refractivity contribution is 5.78.